The lowest BCUT2D eigenvalue weighted by Gasteiger charge is -2.21. The molecular weight excluding hydrogens is 366 g/mol. The number of para-hydroxylation sites is 1. The Morgan fingerprint density at radius 2 is 2.07 bits per heavy atom. The fraction of sp³-hybridized carbons (Fsp3) is 0.409. The van der Waals surface area contributed by atoms with Crippen LogP contribution in [0.3, 0.4) is 0 Å². The van der Waals surface area contributed by atoms with Crippen LogP contribution in [0.5, 0.6) is 0 Å². The third-order valence-corrected chi connectivity index (χ3v) is 5.19. The Kier molecular flexibility index (Phi) is 5.49. The van der Waals surface area contributed by atoms with E-state index in [0.29, 0.717) is 23.5 Å². The van der Waals surface area contributed by atoms with E-state index in [-0.39, 0.29) is 11.5 Å². The largest absolute Gasteiger partial charge is 0.346 e. The Morgan fingerprint density at radius 3 is 2.90 bits per heavy atom. The monoisotopic (exact) mass is 393 g/mol. The molecule has 0 bridgehead atoms. The highest BCUT2D eigenvalue weighted by molar-refractivity contribution is 6.05. The van der Waals surface area contributed by atoms with Crippen LogP contribution in [-0.2, 0) is 19.6 Å². The maximum atomic E-state index is 12.7. The first-order valence-corrected chi connectivity index (χ1v) is 10.2. The first-order chi connectivity index (χ1) is 14.0. The van der Waals surface area contributed by atoms with Crippen molar-refractivity contribution in [2.24, 2.45) is 5.92 Å². The van der Waals surface area contributed by atoms with E-state index < -0.39 is 0 Å². The van der Waals surface area contributed by atoms with Crippen molar-refractivity contribution in [3.8, 4) is 0 Å². The number of amides is 1. The molecule has 152 valence electrons. The number of fused-ring (bicyclic) bond motifs is 2. The molecule has 0 spiro atoms. The molecule has 0 saturated carbocycles. The summed E-state index contributed by atoms with van der Waals surface area (Å²) in [5.74, 6) is 0.365. The van der Waals surface area contributed by atoms with Gasteiger partial charge in [-0.15, -0.1) is 0 Å². The predicted molar refractivity (Wildman–Crippen MR) is 113 cm³/mol. The maximum Gasteiger partial charge on any atom is 0.252 e. The number of carbonyl (C=O) groups is 1. The number of nitrogens with one attached hydrogen (secondary N) is 2. The molecule has 0 radical (unpaired) electrons. The average Bonchev–Trinajstić information content (AvgIpc) is 2.97. The lowest BCUT2D eigenvalue weighted by atomic mass is 10.1. The van der Waals surface area contributed by atoms with E-state index in [9.17, 15) is 9.59 Å². The highest BCUT2D eigenvalue weighted by Gasteiger charge is 2.18. The van der Waals surface area contributed by atoms with E-state index in [1.807, 2.05) is 18.2 Å². The van der Waals surface area contributed by atoms with Crippen LogP contribution in [0.25, 0.3) is 10.9 Å². The van der Waals surface area contributed by atoms with Crippen molar-refractivity contribution in [2.45, 2.75) is 39.9 Å². The highest BCUT2D eigenvalue weighted by Crippen LogP contribution is 2.17. The molecular formula is C22H27N5O2. The molecule has 4 rings (SSSR count). The number of carbonyl (C=O) groups excluding carboxylic acids is 1. The van der Waals surface area contributed by atoms with Gasteiger partial charge in [0.15, 0.2) is 0 Å². The SMILES string of the molecule is CC(C)CN1CCCn2nc(CNC(=O)c3cc(=O)[nH]c4ccccc34)cc2C1. The van der Waals surface area contributed by atoms with Gasteiger partial charge in [-0.2, -0.15) is 5.10 Å². The van der Waals surface area contributed by atoms with Gasteiger partial charge in [-0.3, -0.25) is 19.2 Å². The van der Waals surface area contributed by atoms with Crippen LogP contribution in [0.15, 0.2) is 41.2 Å². The van der Waals surface area contributed by atoms with Gasteiger partial charge in [-0.25, -0.2) is 0 Å². The van der Waals surface area contributed by atoms with Gasteiger partial charge in [-0.05, 0) is 24.5 Å². The summed E-state index contributed by atoms with van der Waals surface area (Å²) >= 11 is 0. The number of aryl methyl sites for hydroxylation is 1. The summed E-state index contributed by atoms with van der Waals surface area (Å²) in [5.41, 5.74) is 2.79. The Hall–Kier alpha value is -2.93. The summed E-state index contributed by atoms with van der Waals surface area (Å²) in [4.78, 5) is 29.9. The Labute approximate surface area is 169 Å². The summed E-state index contributed by atoms with van der Waals surface area (Å²) in [6, 6.07) is 10.7. The molecule has 3 heterocycles. The van der Waals surface area contributed by atoms with Crippen LogP contribution in [0.2, 0.25) is 0 Å². The molecule has 0 unspecified atom stereocenters. The predicted octanol–water partition coefficient (Wildman–Crippen LogP) is 2.52. The minimum Gasteiger partial charge on any atom is -0.346 e. The van der Waals surface area contributed by atoms with Crippen LogP contribution in [0.1, 0.15) is 42.0 Å². The number of aromatic nitrogens is 3. The molecule has 0 atom stereocenters. The van der Waals surface area contributed by atoms with Crippen LogP contribution >= 0.6 is 0 Å². The number of hydrogen-bond donors (Lipinski definition) is 2. The van der Waals surface area contributed by atoms with E-state index in [4.69, 9.17) is 0 Å². The van der Waals surface area contributed by atoms with Gasteiger partial charge in [0, 0.05) is 43.1 Å². The highest BCUT2D eigenvalue weighted by atomic mass is 16.2. The second kappa shape index (κ2) is 8.21. The zero-order valence-electron chi connectivity index (χ0n) is 16.9. The minimum atomic E-state index is -0.284. The summed E-state index contributed by atoms with van der Waals surface area (Å²) in [6.45, 7) is 8.76. The normalized spacial score (nSPS) is 14.7. The molecule has 1 aromatic carbocycles. The van der Waals surface area contributed by atoms with E-state index in [0.717, 1.165) is 43.7 Å². The molecule has 0 aliphatic carbocycles. The van der Waals surface area contributed by atoms with Crippen molar-refractivity contribution in [2.75, 3.05) is 13.1 Å². The molecule has 29 heavy (non-hydrogen) atoms. The topological polar surface area (TPSA) is 83.0 Å². The fourth-order valence-electron chi connectivity index (χ4n) is 4.01. The molecule has 2 N–H and O–H groups in total. The smallest absolute Gasteiger partial charge is 0.252 e. The Morgan fingerprint density at radius 1 is 1.24 bits per heavy atom. The van der Waals surface area contributed by atoms with Crippen molar-refractivity contribution in [1.82, 2.24) is 25.0 Å². The number of rotatable bonds is 5. The standard InChI is InChI=1S/C22H27N5O2/c1-15(2)13-26-8-5-9-27-17(14-26)10-16(25-27)12-23-22(29)19-11-21(28)24-20-7-4-3-6-18(19)20/h3-4,6-7,10-11,15H,5,8-9,12-14H2,1-2H3,(H,23,29)(H,24,28). The van der Waals surface area contributed by atoms with Crippen molar-refractivity contribution >= 4 is 16.8 Å². The molecule has 7 nitrogen and oxygen atoms in total. The quantitative estimate of drug-likeness (QED) is 0.698. The zero-order valence-corrected chi connectivity index (χ0v) is 16.9. The van der Waals surface area contributed by atoms with Crippen LogP contribution in [0, 0.1) is 5.92 Å². The van der Waals surface area contributed by atoms with E-state index in [1.54, 1.807) is 6.07 Å². The van der Waals surface area contributed by atoms with Crippen molar-refractivity contribution in [1.29, 1.82) is 0 Å². The number of H-pyrrole nitrogens is 1. The van der Waals surface area contributed by atoms with Crippen LogP contribution < -0.4 is 10.9 Å². The van der Waals surface area contributed by atoms with Crippen LogP contribution in [0.4, 0.5) is 0 Å². The zero-order chi connectivity index (χ0) is 20.4. The summed E-state index contributed by atoms with van der Waals surface area (Å²) in [5, 5.41) is 8.33. The third kappa shape index (κ3) is 4.40. The number of benzene rings is 1. The van der Waals surface area contributed by atoms with Gasteiger partial charge in [0.25, 0.3) is 5.91 Å². The third-order valence-electron chi connectivity index (χ3n) is 5.19. The van der Waals surface area contributed by atoms with Gasteiger partial charge >= 0.3 is 0 Å². The number of aromatic amines is 1. The first kappa shape index (κ1) is 19.4. The van der Waals surface area contributed by atoms with E-state index >= 15 is 0 Å². The second-order valence-electron chi connectivity index (χ2n) is 8.11. The van der Waals surface area contributed by atoms with Gasteiger partial charge < -0.3 is 10.3 Å². The number of pyridine rings is 1. The van der Waals surface area contributed by atoms with Crippen molar-refractivity contribution < 1.29 is 4.79 Å². The Bertz CT molecular complexity index is 1080. The summed E-state index contributed by atoms with van der Waals surface area (Å²) < 4.78 is 2.06. The van der Waals surface area contributed by atoms with Gasteiger partial charge in [-0.1, -0.05) is 32.0 Å². The molecule has 7 heteroatoms. The van der Waals surface area contributed by atoms with Gasteiger partial charge in [0.2, 0.25) is 5.56 Å². The van der Waals surface area contributed by atoms with Crippen molar-refractivity contribution in [3.63, 3.8) is 0 Å². The molecule has 1 aliphatic rings. The minimum absolute atomic E-state index is 0.267. The lowest BCUT2D eigenvalue weighted by molar-refractivity contribution is 0.0952. The van der Waals surface area contributed by atoms with E-state index in [2.05, 4.69) is 44.9 Å². The summed E-state index contributed by atoms with van der Waals surface area (Å²) in [7, 11) is 0. The maximum absolute atomic E-state index is 12.7. The van der Waals surface area contributed by atoms with Gasteiger partial charge in [0.05, 0.1) is 23.5 Å². The van der Waals surface area contributed by atoms with Crippen LogP contribution in [-0.4, -0.2) is 38.7 Å². The lowest BCUT2D eigenvalue weighted by Crippen LogP contribution is -2.27. The molecule has 2 aromatic heterocycles. The first-order valence-electron chi connectivity index (χ1n) is 10.2. The molecule has 1 amide bonds. The van der Waals surface area contributed by atoms with E-state index in [1.165, 1.54) is 11.8 Å². The molecule has 0 fully saturated rings. The number of nitrogens with zero attached hydrogens (tertiary/aromatic N) is 3. The number of hydrogen-bond acceptors (Lipinski definition) is 4. The van der Waals surface area contributed by atoms with Gasteiger partial charge in [0.1, 0.15) is 0 Å². The molecule has 0 saturated heterocycles. The Balaban J connectivity index is 1.48. The fourth-order valence-corrected chi connectivity index (χ4v) is 4.01. The summed E-state index contributed by atoms with van der Waals surface area (Å²) in [6.07, 6.45) is 1.08. The molecule has 3 aromatic rings. The van der Waals surface area contributed by atoms with Crippen molar-refractivity contribution in [3.05, 3.63) is 63.7 Å². The molecule has 1 aliphatic heterocycles. The second-order valence-corrected chi connectivity index (χ2v) is 8.11. The average molecular weight is 393 g/mol.